The topological polar surface area (TPSA) is 88.5 Å². The van der Waals surface area contributed by atoms with Crippen LogP contribution in [0.15, 0.2) is 34.1 Å². The molecule has 7 heteroatoms. The van der Waals surface area contributed by atoms with E-state index < -0.39 is 20.8 Å². The molecule has 1 aromatic carbocycles. The van der Waals surface area contributed by atoms with Gasteiger partial charge in [-0.15, -0.1) is 0 Å². The monoisotopic (exact) mass is 222 g/mol. The Labute approximate surface area is 76.7 Å². The summed E-state index contributed by atoms with van der Waals surface area (Å²) >= 11 is 0. The van der Waals surface area contributed by atoms with Gasteiger partial charge in [-0.1, -0.05) is 0 Å². The molecule has 0 saturated heterocycles. The van der Waals surface area contributed by atoms with Gasteiger partial charge in [0.1, 0.15) is 0 Å². The fourth-order valence-electron chi connectivity index (χ4n) is 0.740. The first-order valence-electron chi connectivity index (χ1n) is 3.13. The minimum Gasteiger partial charge on any atom is -0.282 e. The zero-order valence-electron chi connectivity index (χ0n) is 6.25. The Bertz CT molecular complexity index is 460. The SMILES string of the molecule is O=[SH](=O)c1ccc(S(=O)(=O)O)cc1. The molecule has 0 heterocycles. The van der Waals surface area contributed by atoms with E-state index in [9.17, 15) is 16.8 Å². The molecule has 0 aliphatic heterocycles. The average Bonchev–Trinajstić information content (AvgIpc) is 2.03. The van der Waals surface area contributed by atoms with Crippen LogP contribution in [0.4, 0.5) is 0 Å². The van der Waals surface area contributed by atoms with Gasteiger partial charge >= 0.3 is 0 Å². The maximum Gasteiger partial charge on any atom is 0.294 e. The van der Waals surface area contributed by atoms with Crippen LogP contribution < -0.4 is 0 Å². The first-order valence-corrected chi connectivity index (χ1v) is 5.75. The standard InChI is InChI=1S/C6H6O5S2/c7-12(8)5-1-3-6(4-2-5)13(9,10)11/h1-4,12H,(H,9,10,11). The minimum absolute atomic E-state index is 0.00222. The first kappa shape index (κ1) is 10.2. The molecule has 0 bridgehead atoms. The normalized spacial score (nSPS) is 11.8. The maximum atomic E-state index is 10.5. The summed E-state index contributed by atoms with van der Waals surface area (Å²) < 4.78 is 50.4. The van der Waals surface area contributed by atoms with Crippen molar-refractivity contribution in [2.45, 2.75) is 9.79 Å². The highest BCUT2D eigenvalue weighted by Gasteiger charge is 2.08. The van der Waals surface area contributed by atoms with Crippen molar-refractivity contribution in [1.82, 2.24) is 0 Å². The summed E-state index contributed by atoms with van der Waals surface area (Å²) in [5.74, 6) is 0. The molecule has 0 amide bonds. The molecule has 0 radical (unpaired) electrons. The first-order chi connectivity index (χ1) is 5.91. The third-order valence-electron chi connectivity index (χ3n) is 1.35. The summed E-state index contributed by atoms with van der Waals surface area (Å²) in [5.41, 5.74) is 0. The smallest absolute Gasteiger partial charge is 0.282 e. The van der Waals surface area contributed by atoms with Crippen LogP contribution in [0.1, 0.15) is 0 Å². The second-order valence-corrected chi connectivity index (χ2v) is 4.68. The Kier molecular flexibility index (Phi) is 2.69. The van der Waals surface area contributed by atoms with Crippen LogP contribution in [0.2, 0.25) is 0 Å². The number of thiol groups is 1. The molecule has 5 nitrogen and oxygen atoms in total. The summed E-state index contributed by atoms with van der Waals surface area (Å²) in [4.78, 5) is -0.324. The van der Waals surface area contributed by atoms with Crippen LogP contribution in [-0.4, -0.2) is 21.4 Å². The zero-order valence-corrected chi connectivity index (χ0v) is 7.96. The van der Waals surface area contributed by atoms with Gasteiger partial charge in [-0.3, -0.25) is 4.55 Å². The highest BCUT2D eigenvalue weighted by Crippen LogP contribution is 2.10. The molecule has 0 saturated carbocycles. The van der Waals surface area contributed by atoms with Crippen molar-refractivity contribution >= 4 is 20.8 Å². The van der Waals surface area contributed by atoms with Crippen LogP contribution in [-0.2, 0) is 20.8 Å². The van der Waals surface area contributed by atoms with Gasteiger partial charge in [0.15, 0.2) is 10.7 Å². The lowest BCUT2D eigenvalue weighted by molar-refractivity contribution is 0.483. The molecule has 13 heavy (non-hydrogen) atoms. The second-order valence-electron chi connectivity index (χ2n) is 2.23. The molecule has 1 N–H and O–H groups in total. The van der Waals surface area contributed by atoms with Gasteiger partial charge in [0.2, 0.25) is 0 Å². The number of rotatable bonds is 2. The molecule has 0 aliphatic rings. The molecule has 72 valence electrons. The van der Waals surface area contributed by atoms with Crippen LogP contribution >= 0.6 is 0 Å². The summed E-state index contributed by atoms with van der Waals surface area (Å²) in [7, 11) is -6.96. The molecular weight excluding hydrogens is 216 g/mol. The van der Waals surface area contributed by atoms with E-state index in [4.69, 9.17) is 4.55 Å². The lowest BCUT2D eigenvalue weighted by Gasteiger charge is -1.95. The molecular formula is C6H6O5S2. The van der Waals surface area contributed by atoms with Crippen molar-refractivity contribution in [1.29, 1.82) is 0 Å². The summed E-state index contributed by atoms with van der Waals surface area (Å²) in [6.07, 6.45) is 0. The van der Waals surface area contributed by atoms with E-state index in [1.54, 1.807) is 0 Å². The van der Waals surface area contributed by atoms with Crippen molar-refractivity contribution in [3.63, 3.8) is 0 Å². The van der Waals surface area contributed by atoms with Crippen LogP contribution in [0.25, 0.3) is 0 Å². The predicted molar refractivity (Wildman–Crippen MR) is 44.8 cm³/mol. The van der Waals surface area contributed by atoms with Crippen LogP contribution in [0.5, 0.6) is 0 Å². The van der Waals surface area contributed by atoms with E-state index in [0.717, 1.165) is 24.3 Å². The van der Waals surface area contributed by atoms with Crippen molar-refractivity contribution in [3.05, 3.63) is 24.3 Å². The van der Waals surface area contributed by atoms with Gasteiger partial charge in [0, 0.05) is 0 Å². The Hall–Kier alpha value is -0.920. The van der Waals surface area contributed by atoms with Gasteiger partial charge in [-0.05, 0) is 24.3 Å². The van der Waals surface area contributed by atoms with Crippen molar-refractivity contribution in [3.8, 4) is 0 Å². The van der Waals surface area contributed by atoms with E-state index in [1.165, 1.54) is 0 Å². The van der Waals surface area contributed by atoms with Crippen molar-refractivity contribution < 1.29 is 21.4 Å². The van der Waals surface area contributed by atoms with Crippen molar-refractivity contribution in [2.75, 3.05) is 0 Å². The van der Waals surface area contributed by atoms with E-state index in [-0.39, 0.29) is 9.79 Å². The predicted octanol–water partition coefficient (Wildman–Crippen LogP) is -0.0964. The fourth-order valence-corrected chi connectivity index (χ4v) is 1.61. The molecule has 0 unspecified atom stereocenters. The van der Waals surface area contributed by atoms with Crippen LogP contribution in [0.3, 0.4) is 0 Å². The molecule has 0 aliphatic carbocycles. The number of benzene rings is 1. The number of hydrogen-bond acceptors (Lipinski definition) is 4. The lowest BCUT2D eigenvalue weighted by Crippen LogP contribution is -1.97. The largest absolute Gasteiger partial charge is 0.294 e. The second kappa shape index (κ2) is 3.44. The van der Waals surface area contributed by atoms with E-state index in [1.807, 2.05) is 0 Å². The maximum absolute atomic E-state index is 10.5. The van der Waals surface area contributed by atoms with Gasteiger partial charge in [0.25, 0.3) is 10.1 Å². The molecule has 1 rings (SSSR count). The third-order valence-corrected chi connectivity index (χ3v) is 2.93. The van der Waals surface area contributed by atoms with E-state index >= 15 is 0 Å². The Balaban J connectivity index is 3.23. The number of hydrogen-bond donors (Lipinski definition) is 2. The van der Waals surface area contributed by atoms with Crippen molar-refractivity contribution in [2.24, 2.45) is 0 Å². The van der Waals surface area contributed by atoms with Crippen LogP contribution in [0, 0.1) is 0 Å². The molecule has 1 aromatic rings. The van der Waals surface area contributed by atoms with Gasteiger partial charge in [0.05, 0.1) is 9.79 Å². The lowest BCUT2D eigenvalue weighted by atomic mass is 10.4. The molecule has 0 spiro atoms. The highest BCUT2D eigenvalue weighted by molar-refractivity contribution is 7.85. The third kappa shape index (κ3) is 2.51. The van der Waals surface area contributed by atoms with E-state index in [0.29, 0.717) is 0 Å². The molecule has 0 atom stereocenters. The average molecular weight is 222 g/mol. The summed E-state index contributed by atoms with van der Waals surface area (Å²) in [5, 5.41) is 0. The molecule has 0 fully saturated rings. The fraction of sp³-hybridized carbons (Fsp3) is 0. The van der Waals surface area contributed by atoms with Gasteiger partial charge in [-0.2, -0.15) is 8.42 Å². The quantitative estimate of drug-likeness (QED) is 0.539. The van der Waals surface area contributed by atoms with E-state index in [2.05, 4.69) is 0 Å². The Morgan fingerprint density at radius 1 is 1.08 bits per heavy atom. The summed E-state index contributed by atoms with van der Waals surface area (Å²) in [6, 6.07) is 4.26. The van der Waals surface area contributed by atoms with Gasteiger partial charge in [-0.25, -0.2) is 8.42 Å². The van der Waals surface area contributed by atoms with Gasteiger partial charge < -0.3 is 0 Å². The minimum atomic E-state index is -4.24. The zero-order chi connectivity index (χ0) is 10.1. The summed E-state index contributed by atoms with van der Waals surface area (Å²) in [6.45, 7) is 0. The molecule has 0 aromatic heterocycles. The highest BCUT2D eigenvalue weighted by atomic mass is 32.2. The Morgan fingerprint density at radius 3 is 1.85 bits per heavy atom. The Morgan fingerprint density at radius 2 is 1.54 bits per heavy atom.